The van der Waals surface area contributed by atoms with Crippen LogP contribution in [0.1, 0.15) is 32.1 Å². The summed E-state index contributed by atoms with van der Waals surface area (Å²) in [5.41, 5.74) is -1.13. The molecule has 3 heteroatoms. The molecule has 0 saturated heterocycles. The van der Waals surface area contributed by atoms with Crippen molar-refractivity contribution in [2.24, 2.45) is 35.0 Å². The van der Waals surface area contributed by atoms with Crippen LogP contribution >= 0.6 is 0 Å². The molecule has 1 atom stereocenters. The molecular formula is C16H21NO2. The zero-order valence-corrected chi connectivity index (χ0v) is 11.5. The Morgan fingerprint density at radius 1 is 1.26 bits per heavy atom. The molecule has 3 nitrogen and oxygen atoms in total. The molecule has 4 rings (SSSR count). The highest BCUT2D eigenvalue weighted by Gasteiger charge is 2.58. The van der Waals surface area contributed by atoms with E-state index in [9.17, 15) is 10.1 Å². The lowest BCUT2D eigenvalue weighted by atomic mass is 9.47. The Morgan fingerprint density at radius 2 is 1.79 bits per heavy atom. The average Bonchev–Trinajstić information content (AvgIpc) is 2.41. The van der Waals surface area contributed by atoms with Gasteiger partial charge in [-0.2, -0.15) is 5.26 Å². The van der Waals surface area contributed by atoms with E-state index in [4.69, 9.17) is 4.74 Å². The van der Waals surface area contributed by atoms with Crippen LogP contribution in [0.5, 0.6) is 0 Å². The van der Waals surface area contributed by atoms with Crippen LogP contribution in [0.15, 0.2) is 12.7 Å². The lowest BCUT2D eigenvalue weighted by molar-refractivity contribution is -0.158. The Balaban J connectivity index is 1.98. The number of hydrogen-bond donors (Lipinski definition) is 0. The smallest absolute Gasteiger partial charge is 0.330 e. The fourth-order valence-corrected chi connectivity index (χ4v) is 5.36. The summed E-state index contributed by atoms with van der Waals surface area (Å²) in [6.07, 6.45) is 7.66. The SMILES string of the molecule is C=CC(C#N)(C(=O)OC)C1C2CC3CC(C2)CC1C3. The van der Waals surface area contributed by atoms with Crippen LogP contribution in [0, 0.1) is 46.3 Å². The quantitative estimate of drug-likeness (QED) is 0.578. The van der Waals surface area contributed by atoms with Gasteiger partial charge in [-0.15, -0.1) is 6.58 Å². The van der Waals surface area contributed by atoms with Gasteiger partial charge in [-0.1, -0.05) is 6.08 Å². The second kappa shape index (κ2) is 4.37. The average molecular weight is 259 g/mol. The molecule has 0 amide bonds. The number of nitriles is 1. The van der Waals surface area contributed by atoms with Gasteiger partial charge < -0.3 is 4.74 Å². The number of carbonyl (C=O) groups excluding carboxylic acids is 1. The van der Waals surface area contributed by atoms with E-state index in [0.29, 0.717) is 11.8 Å². The van der Waals surface area contributed by atoms with Crippen molar-refractivity contribution in [3.05, 3.63) is 12.7 Å². The van der Waals surface area contributed by atoms with Crippen molar-refractivity contribution in [3.8, 4) is 6.07 Å². The number of esters is 1. The minimum Gasteiger partial charge on any atom is -0.468 e. The molecule has 0 aromatic carbocycles. The van der Waals surface area contributed by atoms with E-state index >= 15 is 0 Å². The first-order chi connectivity index (χ1) is 9.14. The zero-order chi connectivity index (χ0) is 13.6. The van der Waals surface area contributed by atoms with Gasteiger partial charge in [0.15, 0.2) is 5.41 Å². The summed E-state index contributed by atoms with van der Waals surface area (Å²) in [6, 6.07) is 2.25. The number of nitrogens with zero attached hydrogens (tertiary/aromatic N) is 1. The maximum absolute atomic E-state index is 12.2. The minimum absolute atomic E-state index is 0.121. The van der Waals surface area contributed by atoms with E-state index in [1.54, 1.807) is 6.08 Å². The predicted molar refractivity (Wildman–Crippen MR) is 70.8 cm³/mol. The molecule has 4 aliphatic rings. The number of hydrogen-bond acceptors (Lipinski definition) is 3. The molecule has 0 aliphatic heterocycles. The first-order valence-corrected chi connectivity index (χ1v) is 7.27. The molecule has 0 aromatic heterocycles. The summed E-state index contributed by atoms with van der Waals surface area (Å²) < 4.78 is 4.92. The lowest BCUT2D eigenvalue weighted by Gasteiger charge is -2.57. The number of methoxy groups -OCH3 is 1. The number of rotatable bonds is 3. The summed E-state index contributed by atoms with van der Waals surface area (Å²) >= 11 is 0. The second-order valence-electron chi connectivity index (χ2n) is 6.63. The molecule has 19 heavy (non-hydrogen) atoms. The summed E-state index contributed by atoms with van der Waals surface area (Å²) in [5, 5.41) is 9.64. The molecule has 0 radical (unpaired) electrons. The van der Waals surface area contributed by atoms with Crippen LogP contribution in [-0.4, -0.2) is 13.1 Å². The summed E-state index contributed by atoms with van der Waals surface area (Å²) in [7, 11) is 1.37. The van der Waals surface area contributed by atoms with Crippen LogP contribution in [0.3, 0.4) is 0 Å². The standard InChI is InChI=1S/C16H21NO2/c1-3-16(9-17,15(18)19-2)14-12-5-10-4-11(7-12)8-13(14)6-10/h3,10-14H,1,4-8H2,2H3. The zero-order valence-electron chi connectivity index (χ0n) is 11.5. The Bertz CT molecular complexity index is 422. The fourth-order valence-electron chi connectivity index (χ4n) is 5.36. The molecule has 4 saturated carbocycles. The topological polar surface area (TPSA) is 50.1 Å². The Labute approximate surface area is 114 Å². The highest BCUT2D eigenvalue weighted by atomic mass is 16.5. The van der Waals surface area contributed by atoms with Gasteiger partial charge in [0.25, 0.3) is 0 Å². The van der Waals surface area contributed by atoms with E-state index in [2.05, 4.69) is 12.6 Å². The van der Waals surface area contributed by atoms with E-state index in [1.807, 2.05) is 0 Å². The van der Waals surface area contributed by atoms with Crippen molar-refractivity contribution < 1.29 is 9.53 Å². The van der Waals surface area contributed by atoms with Crippen LogP contribution in [0.25, 0.3) is 0 Å². The third kappa shape index (κ3) is 1.65. The van der Waals surface area contributed by atoms with Crippen LogP contribution in [0.2, 0.25) is 0 Å². The molecule has 0 heterocycles. The maximum Gasteiger partial charge on any atom is 0.330 e. The van der Waals surface area contributed by atoms with E-state index < -0.39 is 11.4 Å². The van der Waals surface area contributed by atoms with Crippen molar-refractivity contribution in [1.82, 2.24) is 0 Å². The Kier molecular flexibility index (Phi) is 2.92. The Hall–Kier alpha value is -1.30. The third-order valence-corrected chi connectivity index (χ3v) is 5.78. The van der Waals surface area contributed by atoms with Gasteiger partial charge in [0.1, 0.15) is 0 Å². The summed E-state index contributed by atoms with van der Waals surface area (Å²) in [6.45, 7) is 3.78. The van der Waals surface area contributed by atoms with Crippen LogP contribution in [-0.2, 0) is 9.53 Å². The molecule has 1 unspecified atom stereocenters. The summed E-state index contributed by atoms with van der Waals surface area (Å²) in [5.74, 6) is 2.38. The van der Waals surface area contributed by atoms with Crippen LogP contribution < -0.4 is 0 Å². The second-order valence-corrected chi connectivity index (χ2v) is 6.63. The van der Waals surface area contributed by atoms with Gasteiger partial charge >= 0.3 is 5.97 Å². The molecule has 4 bridgehead atoms. The predicted octanol–water partition coefficient (Wildman–Crippen LogP) is 2.93. The van der Waals surface area contributed by atoms with Gasteiger partial charge in [0, 0.05) is 0 Å². The van der Waals surface area contributed by atoms with Gasteiger partial charge in [-0.25, -0.2) is 4.79 Å². The van der Waals surface area contributed by atoms with E-state index in [0.717, 1.165) is 11.8 Å². The first kappa shape index (κ1) is 12.7. The van der Waals surface area contributed by atoms with Gasteiger partial charge in [-0.05, 0) is 61.7 Å². The highest BCUT2D eigenvalue weighted by Crippen LogP contribution is 2.61. The summed E-state index contributed by atoms with van der Waals surface area (Å²) in [4.78, 5) is 12.2. The van der Waals surface area contributed by atoms with Crippen molar-refractivity contribution in [2.45, 2.75) is 32.1 Å². The van der Waals surface area contributed by atoms with Gasteiger partial charge in [0.05, 0.1) is 13.2 Å². The minimum atomic E-state index is -1.13. The molecule has 4 fully saturated rings. The molecule has 102 valence electrons. The Morgan fingerprint density at radius 3 is 2.16 bits per heavy atom. The fraction of sp³-hybridized carbons (Fsp3) is 0.750. The normalized spacial score (nSPS) is 42.2. The molecule has 0 aromatic rings. The first-order valence-electron chi connectivity index (χ1n) is 7.27. The van der Waals surface area contributed by atoms with Crippen molar-refractivity contribution in [3.63, 3.8) is 0 Å². The van der Waals surface area contributed by atoms with Crippen LogP contribution in [0.4, 0.5) is 0 Å². The maximum atomic E-state index is 12.2. The van der Waals surface area contributed by atoms with E-state index in [-0.39, 0.29) is 5.92 Å². The molecule has 0 N–H and O–H groups in total. The van der Waals surface area contributed by atoms with Gasteiger partial charge in [0.2, 0.25) is 0 Å². The molecule has 0 spiro atoms. The molecule has 4 aliphatic carbocycles. The molecular weight excluding hydrogens is 238 g/mol. The van der Waals surface area contributed by atoms with Crippen molar-refractivity contribution in [2.75, 3.05) is 7.11 Å². The van der Waals surface area contributed by atoms with Crippen molar-refractivity contribution >= 4 is 5.97 Å². The van der Waals surface area contributed by atoms with Gasteiger partial charge in [-0.3, -0.25) is 0 Å². The van der Waals surface area contributed by atoms with E-state index in [1.165, 1.54) is 39.2 Å². The largest absolute Gasteiger partial charge is 0.468 e. The lowest BCUT2D eigenvalue weighted by Crippen LogP contribution is -2.53. The third-order valence-electron chi connectivity index (χ3n) is 5.78. The highest BCUT2D eigenvalue weighted by molar-refractivity contribution is 5.83. The monoisotopic (exact) mass is 259 g/mol. The number of carbonyl (C=O) groups is 1. The number of ether oxygens (including phenoxy) is 1. The van der Waals surface area contributed by atoms with Crippen molar-refractivity contribution in [1.29, 1.82) is 5.26 Å².